The summed E-state index contributed by atoms with van der Waals surface area (Å²) in [4.78, 5) is 4.21. The van der Waals surface area contributed by atoms with Crippen molar-refractivity contribution >= 4 is 22.6 Å². The highest BCUT2D eigenvalue weighted by Crippen LogP contribution is 2.33. The number of hydrogen-bond donors (Lipinski definition) is 1. The van der Waals surface area contributed by atoms with E-state index >= 15 is 0 Å². The highest BCUT2D eigenvalue weighted by atomic mass is 32.2. The van der Waals surface area contributed by atoms with Crippen LogP contribution in [0.2, 0.25) is 0 Å². The Hall–Kier alpha value is -1.24. The summed E-state index contributed by atoms with van der Waals surface area (Å²) < 4.78 is 50.8. The molecule has 1 aliphatic rings. The van der Waals surface area contributed by atoms with Crippen molar-refractivity contribution in [3.05, 3.63) is 29.6 Å². The van der Waals surface area contributed by atoms with E-state index in [1.807, 2.05) is 6.92 Å². The normalized spacial score (nSPS) is 20.1. The fraction of sp³-hybridized carbons (Fsp3) is 0.417. The maximum absolute atomic E-state index is 13.1. The molecule has 1 aromatic rings. The van der Waals surface area contributed by atoms with Gasteiger partial charge in [0.05, 0.1) is 5.56 Å². The summed E-state index contributed by atoms with van der Waals surface area (Å²) in [6.45, 7) is 2.69. The first-order chi connectivity index (χ1) is 8.86. The van der Waals surface area contributed by atoms with Crippen LogP contribution in [-0.2, 0) is 6.18 Å². The van der Waals surface area contributed by atoms with Crippen LogP contribution in [0.5, 0.6) is 0 Å². The lowest BCUT2D eigenvalue weighted by molar-refractivity contribution is -0.139. The third kappa shape index (κ3) is 3.62. The fourth-order valence-electron chi connectivity index (χ4n) is 1.58. The lowest BCUT2D eigenvalue weighted by Crippen LogP contribution is -2.19. The summed E-state index contributed by atoms with van der Waals surface area (Å²) in [6, 6.07) is 2.84. The summed E-state index contributed by atoms with van der Waals surface area (Å²) >= 11 is 1.45. The molecule has 0 aromatic heterocycles. The number of aliphatic imine (C=N–C) groups is 1. The molecule has 0 radical (unpaired) electrons. The van der Waals surface area contributed by atoms with Crippen molar-refractivity contribution in [1.29, 1.82) is 0 Å². The van der Waals surface area contributed by atoms with Gasteiger partial charge in [-0.15, -0.1) is 0 Å². The monoisotopic (exact) mass is 292 g/mol. The Morgan fingerprint density at radius 1 is 1.37 bits per heavy atom. The predicted octanol–water partition coefficient (Wildman–Crippen LogP) is 4.00. The Balaban J connectivity index is 2.18. The minimum absolute atomic E-state index is 0.189. The van der Waals surface area contributed by atoms with E-state index in [1.54, 1.807) is 0 Å². The molecule has 104 valence electrons. The van der Waals surface area contributed by atoms with Gasteiger partial charge in [-0.2, -0.15) is 13.2 Å². The van der Waals surface area contributed by atoms with Gasteiger partial charge in [-0.25, -0.2) is 4.39 Å². The molecule has 0 aliphatic carbocycles. The second-order valence-corrected chi connectivity index (χ2v) is 5.39. The molecule has 2 rings (SSSR count). The van der Waals surface area contributed by atoms with Gasteiger partial charge in [0.25, 0.3) is 0 Å². The summed E-state index contributed by atoms with van der Waals surface area (Å²) in [5.41, 5.74) is -1.08. The standard InChI is InChI=1S/C12H12F4N2S/c1-7-5-17-11(19-6-7)18-8-2-3-10(13)9(4-8)12(14,15)16/h2-4,7H,5-6H2,1H3,(H,17,18). The number of anilines is 1. The topological polar surface area (TPSA) is 24.4 Å². The summed E-state index contributed by atoms with van der Waals surface area (Å²) in [7, 11) is 0. The average Bonchev–Trinajstić information content (AvgIpc) is 2.33. The first-order valence-corrected chi connectivity index (χ1v) is 6.66. The van der Waals surface area contributed by atoms with E-state index in [-0.39, 0.29) is 5.69 Å². The zero-order valence-electron chi connectivity index (χ0n) is 10.1. The number of rotatable bonds is 1. The number of benzene rings is 1. The Labute approximate surface area is 112 Å². The van der Waals surface area contributed by atoms with Crippen LogP contribution in [0.4, 0.5) is 23.2 Å². The number of alkyl halides is 3. The van der Waals surface area contributed by atoms with Gasteiger partial charge < -0.3 is 5.32 Å². The van der Waals surface area contributed by atoms with Crippen molar-refractivity contribution < 1.29 is 17.6 Å². The van der Waals surface area contributed by atoms with Gasteiger partial charge in [0.15, 0.2) is 5.17 Å². The molecular weight excluding hydrogens is 280 g/mol. The van der Waals surface area contributed by atoms with Crippen molar-refractivity contribution in [3.8, 4) is 0 Å². The SMILES string of the molecule is CC1CN=C(Nc2ccc(F)c(C(F)(F)F)c2)SC1. The van der Waals surface area contributed by atoms with Crippen LogP contribution in [0.15, 0.2) is 23.2 Å². The summed E-state index contributed by atoms with van der Waals surface area (Å²) in [6.07, 6.45) is -4.70. The Bertz CT molecular complexity index is 499. The fourth-order valence-corrected chi connectivity index (χ4v) is 2.48. The largest absolute Gasteiger partial charge is 0.419 e. The van der Waals surface area contributed by atoms with Crippen LogP contribution in [-0.4, -0.2) is 17.5 Å². The number of amidine groups is 1. The zero-order valence-corrected chi connectivity index (χ0v) is 10.9. The molecule has 0 fully saturated rings. The van der Waals surface area contributed by atoms with E-state index in [1.165, 1.54) is 17.8 Å². The maximum atomic E-state index is 13.1. The second-order valence-electron chi connectivity index (χ2n) is 4.38. The third-order valence-electron chi connectivity index (χ3n) is 2.57. The first kappa shape index (κ1) is 14.2. The van der Waals surface area contributed by atoms with E-state index in [2.05, 4.69) is 10.3 Å². The molecule has 1 aromatic carbocycles. The average molecular weight is 292 g/mol. The molecule has 1 atom stereocenters. The molecule has 0 bridgehead atoms. The molecule has 0 saturated carbocycles. The predicted molar refractivity (Wildman–Crippen MR) is 68.9 cm³/mol. The van der Waals surface area contributed by atoms with Gasteiger partial charge in [-0.05, 0) is 24.1 Å². The quantitative estimate of drug-likeness (QED) is 0.791. The molecule has 19 heavy (non-hydrogen) atoms. The van der Waals surface area contributed by atoms with Gasteiger partial charge in [0.2, 0.25) is 0 Å². The maximum Gasteiger partial charge on any atom is 0.419 e. The first-order valence-electron chi connectivity index (χ1n) is 5.67. The van der Waals surface area contributed by atoms with Crippen LogP contribution in [0.1, 0.15) is 12.5 Å². The van der Waals surface area contributed by atoms with Gasteiger partial charge in [0.1, 0.15) is 5.82 Å². The highest BCUT2D eigenvalue weighted by Gasteiger charge is 2.34. The molecule has 0 amide bonds. The summed E-state index contributed by atoms with van der Waals surface area (Å²) in [5, 5.41) is 3.35. The van der Waals surface area contributed by atoms with Crippen molar-refractivity contribution in [2.24, 2.45) is 10.9 Å². The Morgan fingerprint density at radius 2 is 2.11 bits per heavy atom. The highest BCUT2D eigenvalue weighted by molar-refractivity contribution is 8.14. The van der Waals surface area contributed by atoms with Gasteiger partial charge in [-0.3, -0.25) is 4.99 Å². The van der Waals surface area contributed by atoms with Crippen LogP contribution in [0.3, 0.4) is 0 Å². The molecular formula is C12H12F4N2S. The van der Waals surface area contributed by atoms with Crippen molar-refractivity contribution in [2.75, 3.05) is 17.6 Å². The van der Waals surface area contributed by atoms with E-state index < -0.39 is 17.6 Å². The van der Waals surface area contributed by atoms with Crippen molar-refractivity contribution in [2.45, 2.75) is 13.1 Å². The molecule has 1 unspecified atom stereocenters. The van der Waals surface area contributed by atoms with E-state index in [0.29, 0.717) is 17.6 Å². The van der Waals surface area contributed by atoms with Crippen LogP contribution in [0.25, 0.3) is 0 Å². The zero-order chi connectivity index (χ0) is 14.0. The molecule has 2 nitrogen and oxygen atoms in total. The number of hydrogen-bond acceptors (Lipinski definition) is 3. The minimum atomic E-state index is -4.70. The lowest BCUT2D eigenvalue weighted by atomic mass is 10.2. The molecule has 0 saturated heterocycles. The second kappa shape index (κ2) is 5.40. The van der Waals surface area contributed by atoms with Crippen LogP contribution >= 0.6 is 11.8 Å². The van der Waals surface area contributed by atoms with Crippen LogP contribution in [0, 0.1) is 11.7 Å². The number of nitrogens with zero attached hydrogens (tertiary/aromatic N) is 1. The number of halogens is 4. The van der Waals surface area contributed by atoms with Crippen LogP contribution < -0.4 is 5.32 Å². The number of nitrogens with one attached hydrogen (secondary N) is 1. The van der Waals surface area contributed by atoms with E-state index in [4.69, 9.17) is 0 Å². The van der Waals surface area contributed by atoms with E-state index in [0.717, 1.165) is 17.9 Å². The van der Waals surface area contributed by atoms with Gasteiger partial charge in [-0.1, -0.05) is 18.7 Å². The Kier molecular flexibility index (Phi) is 4.03. The lowest BCUT2D eigenvalue weighted by Gasteiger charge is -2.18. The van der Waals surface area contributed by atoms with Crippen molar-refractivity contribution in [3.63, 3.8) is 0 Å². The molecule has 0 spiro atoms. The van der Waals surface area contributed by atoms with Gasteiger partial charge >= 0.3 is 6.18 Å². The summed E-state index contributed by atoms with van der Waals surface area (Å²) in [5.74, 6) is 0.0403. The molecule has 1 heterocycles. The van der Waals surface area contributed by atoms with E-state index in [9.17, 15) is 17.6 Å². The Morgan fingerprint density at radius 3 is 2.68 bits per heavy atom. The third-order valence-corrected chi connectivity index (χ3v) is 3.81. The van der Waals surface area contributed by atoms with Crippen molar-refractivity contribution in [1.82, 2.24) is 0 Å². The smallest absolute Gasteiger partial charge is 0.335 e. The molecule has 7 heteroatoms. The molecule has 1 aliphatic heterocycles. The minimum Gasteiger partial charge on any atom is -0.335 e. The molecule has 1 N–H and O–H groups in total. The van der Waals surface area contributed by atoms with Gasteiger partial charge in [0, 0.05) is 18.0 Å². The number of thioether (sulfide) groups is 1.